The molecule has 2 amide bonds. The third-order valence-corrected chi connectivity index (χ3v) is 5.10. The van der Waals surface area contributed by atoms with E-state index in [-0.39, 0.29) is 11.8 Å². The van der Waals surface area contributed by atoms with Crippen LogP contribution in [0.4, 0.5) is 5.69 Å². The van der Waals surface area contributed by atoms with Gasteiger partial charge in [0.05, 0.1) is 0 Å². The van der Waals surface area contributed by atoms with Gasteiger partial charge in [-0.1, -0.05) is 44.9 Å². The van der Waals surface area contributed by atoms with Crippen LogP contribution in [0.1, 0.15) is 71.7 Å². The fourth-order valence-corrected chi connectivity index (χ4v) is 3.40. The summed E-state index contributed by atoms with van der Waals surface area (Å²) in [5.41, 5.74) is 3.08. The molecule has 1 aliphatic rings. The summed E-state index contributed by atoms with van der Waals surface area (Å²) >= 11 is 0. The van der Waals surface area contributed by atoms with Crippen LogP contribution in [-0.2, 0) is 0 Å². The number of hydrogen-bond donors (Lipinski definition) is 1. The Labute approximate surface area is 161 Å². The molecule has 27 heavy (non-hydrogen) atoms. The highest BCUT2D eigenvalue weighted by molar-refractivity contribution is 6.06. The minimum atomic E-state index is -0.196. The van der Waals surface area contributed by atoms with E-state index >= 15 is 0 Å². The summed E-state index contributed by atoms with van der Waals surface area (Å²) in [4.78, 5) is 27.3. The molecule has 0 saturated carbocycles. The Kier molecular flexibility index (Phi) is 6.28. The molecule has 4 nitrogen and oxygen atoms in total. The number of benzene rings is 2. The van der Waals surface area contributed by atoms with Crippen LogP contribution in [0.2, 0.25) is 0 Å². The van der Waals surface area contributed by atoms with Crippen LogP contribution in [0.5, 0.6) is 0 Å². The van der Waals surface area contributed by atoms with Gasteiger partial charge in [-0.2, -0.15) is 0 Å². The number of carbonyl (C=O) groups is 2. The zero-order valence-corrected chi connectivity index (χ0v) is 16.2. The first-order valence-electron chi connectivity index (χ1n) is 9.85. The molecular weight excluding hydrogens is 336 g/mol. The van der Waals surface area contributed by atoms with E-state index in [4.69, 9.17) is 0 Å². The van der Waals surface area contributed by atoms with Gasteiger partial charge < -0.3 is 10.2 Å². The SMILES string of the molecule is CC(C)c1ccc(NC(=O)c2cccc(C(=O)N3CCCCCC3)c2)cc1. The van der Waals surface area contributed by atoms with E-state index in [0.29, 0.717) is 17.0 Å². The Morgan fingerprint density at radius 3 is 2.15 bits per heavy atom. The highest BCUT2D eigenvalue weighted by Gasteiger charge is 2.18. The second-order valence-corrected chi connectivity index (χ2v) is 7.52. The van der Waals surface area contributed by atoms with Gasteiger partial charge in [0.1, 0.15) is 0 Å². The minimum Gasteiger partial charge on any atom is -0.339 e. The van der Waals surface area contributed by atoms with Crippen molar-refractivity contribution in [2.24, 2.45) is 0 Å². The summed E-state index contributed by atoms with van der Waals surface area (Å²) in [6.07, 6.45) is 4.47. The number of carbonyl (C=O) groups excluding carboxylic acids is 2. The zero-order valence-electron chi connectivity index (χ0n) is 16.2. The second kappa shape index (κ2) is 8.85. The Morgan fingerprint density at radius 1 is 0.889 bits per heavy atom. The summed E-state index contributed by atoms with van der Waals surface area (Å²) in [6, 6.07) is 14.9. The zero-order chi connectivity index (χ0) is 19.2. The summed E-state index contributed by atoms with van der Waals surface area (Å²) in [5.74, 6) is 0.280. The molecule has 1 heterocycles. The topological polar surface area (TPSA) is 49.4 Å². The Hall–Kier alpha value is -2.62. The van der Waals surface area contributed by atoms with Crippen LogP contribution < -0.4 is 5.32 Å². The predicted octanol–water partition coefficient (Wildman–Crippen LogP) is 5.08. The van der Waals surface area contributed by atoms with Gasteiger partial charge in [-0.05, 0) is 54.7 Å². The van der Waals surface area contributed by atoms with Crippen molar-refractivity contribution < 1.29 is 9.59 Å². The molecule has 0 bridgehead atoms. The molecule has 0 radical (unpaired) electrons. The van der Waals surface area contributed by atoms with Gasteiger partial charge in [-0.25, -0.2) is 0 Å². The smallest absolute Gasteiger partial charge is 0.255 e. The number of anilines is 1. The number of hydrogen-bond acceptors (Lipinski definition) is 2. The van der Waals surface area contributed by atoms with Gasteiger partial charge in [0.15, 0.2) is 0 Å². The fourth-order valence-electron chi connectivity index (χ4n) is 3.40. The molecule has 2 aromatic carbocycles. The molecule has 1 aliphatic heterocycles. The first kappa shape index (κ1) is 19.2. The largest absolute Gasteiger partial charge is 0.339 e. The number of nitrogens with zero attached hydrogens (tertiary/aromatic N) is 1. The van der Waals surface area contributed by atoms with E-state index in [1.165, 1.54) is 18.4 Å². The molecule has 3 rings (SSSR count). The van der Waals surface area contributed by atoms with Crippen LogP contribution >= 0.6 is 0 Å². The van der Waals surface area contributed by atoms with E-state index in [9.17, 15) is 9.59 Å². The van der Waals surface area contributed by atoms with E-state index in [0.717, 1.165) is 31.6 Å². The monoisotopic (exact) mass is 364 g/mol. The Morgan fingerprint density at radius 2 is 1.52 bits per heavy atom. The van der Waals surface area contributed by atoms with Crippen LogP contribution in [-0.4, -0.2) is 29.8 Å². The average molecular weight is 364 g/mol. The average Bonchev–Trinajstić information content (AvgIpc) is 2.97. The highest BCUT2D eigenvalue weighted by atomic mass is 16.2. The van der Waals surface area contributed by atoms with Gasteiger partial charge in [0.2, 0.25) is 0 Å². The van der Waals surface area contributed by atoms with Crippen molar-refractivity contribution in [2.75, 3.05) is 18.4 Å². The van der Waals surface area contributed by atoms with Crippen molar-refractivity contribution >= 4 is 17.5 Å². The summed E-state index contributed by atoms with van der Waals surface area (Å²) in [5, 5.41) is 2.92. The summed E-state index contributed by atoms with van der Waals surface area (Å²) < 4.78 is 0. The van der Waals surface area contributed by atoms with Gasteiger partial charge >= 0.3 is 0 Å². The number of nitrogens with one attached hydrogen (secondary N) is 1. The molecule has 1 saturated heterocycles. The third kappa shape index (κ3) is 4.97. The van der Waals surface area contributed by atoms with Crippen LogP contribution in [0, 0.1) is 0 Å². The molecule has 1 N–H and O–H groups in total. The van der Waals surface area contributed by atoms with Crippen LogP contribution in [0.3, 0.4) is 0 Å². The molecule has 0 aromatic heterocycles. The summed E-state index contributed by atoms with van der Waals surface area (Å²) in [6.45, 7) is 5.88. The quantitative estimate of drug-likeness (QED) is 0.822. The number of amides is 2. The van der Waals surface area contributed by atoms with Gasteiger partial charge in [0.25, 0.3) is 11.8 Å². The van der Waals surface area contributed by atoms with Gasteiger partial charge in [-0.15, -0.1) is 0 Å². The number of likely N-dealkylation sites (tertiary alicyclic amines) is 1. The lowest BCUT2D eigenvalue weighted by Gasteiger charge is -2.20. The number of rotatable bonds is 4. The van der Waals surface area contributed by atoms with Crippen molar-refractivity contribution in [2.45, 2.75) is 45.4 Å². The summed E-state index contributed by atoms with van der Waals surface area (Å²) in [7, 11) is 0. The van der Waals surface area contributed by atoms with E-state index < -0.39 is 0 Å². The Bertz CT molecular complexity index is 788. The lowest BCUT2D eigenvalue weighted by molar-refractivity contribution is 0.0761. The van der Waals surface area contributed by atoms with E-state index in [1.54, 1.807) is 24.3 Å². The van der Waals surface area contributed by atoms with Crippen molar-refractivity contribution in [3.63, 3.8) is 0 Å². The standard InChI is InChI=1S/C23H28N2O2/c1-17(2)18-10-12-21(13-11-18)24-22(26)19-8-7-9-20(16-19)23(27)25-14-5-3-4-6-15-25/h7-13,16-17H,3-6,14-15H2,1-2H3,(H,24,26). The first-order chi connectivity index (χ1) is 13.0. The van der Waals surface area contributed by atoms with Crippen molar-refractivity contribution in [3.05, 3.63) is 65.2 Å². The molecular formula is C23H28N2O2. The highest BCUT2D eigenvalue weighted by Crippen LogP contribution is 2.19. The minimum absolute atomic E-state index is 0.0211. The maximum Gasteiger partial charge on any atom is 0.255 e. The Balaban J connectivity index is 1.70. The fraction of sp³-hybridized carbons (Fsp3) is 0.391. The van der Waals surface area contributed by atoms with Crippen molar-refractivity contribution in [1.29, 1.82) is 0 Å². The van der Waals surface area contributed by atoms with Crippen LogP contribution in [0.15, 0.2) is 48.5 Å². The normalized spacial score (nSPS) is 14.7. The van der Waals surface area contributed by atoms with E-state index in [1.807, 2.05) is 29.2 Å². The van der Waals surface area contributed by atoms with E-state index in [2.05, 4.69) is 19.2 Å². The maximum absolute atomic E-state index is 12.8. The molecule has 0 atom stereocenters. The molecule has 0 unspecified atom stereocenters. The maximum atomic E-state index is 12.8. The molecule has 0 spiro atoms. The van der Waals surface area contributed by atoms with Gasteiger partial charge in [0, 0.05) is 29.9 Å². The lowest BCUT2D eigenvalue weighted by atomic mass is 10.0. The molecule has 4 heteroatoms. The first-order valence-corrected chi connectivity index (χ1v) is 9.85. The molecule has 1 fully saturated rings. The predicted molar refractivity (Wildman–Crippen MR) is 109 cm³/mol. The van der Waals surface area contributed by atoms with Crippen molar-refractivity contribution in [3.8, 4) is 0 Å². The third-order valence-electron chi connectivity index (χ3n) is 5.10. The lowest BCUT2D eigenvalue weighted by Crippen LogP contribution is -2.32. The van der Waals surface area contributed by atoms with Crippen molar-refractivity contribution in [1.82, 2.24) is 4.90 Å². The molecule has 0 aliphatic carbocycles. The molecule has 2 aromatic rings. The molecule has 142 valence electrons. The second-order valence-electron chi connectivity index (χ2n) is 7.52. The van der Waals surface area contributed by atoms with Crippen LogP contribution in [0.25, 0.3) is 0 Å². The van der Waals surface area contributed by atoms with Gasteiger partial charge in [-0.3, -0.25) is 9.59 Å².